The molecule has 2 amide bonds. The van der Waals surface area contributed by atoms with E-state index in [4.69, 9.17) is 4.74 Å². The first kappa shape index (κ1) is 24.5. The lowest BCUT2D eigenvalue weighted by molar-refractivity contribution is -0.143. The number of ether oxygens (including phenoxy) is 1. The number of nitrogens with one attached hydrogen (secondary N) is 2. The van der Waals surface area contributed by atoms with Crippen LogP contribution in [0.1, 0.15) is 50.7 Å². The summed E-state index contributed by atoms with van der Waals surface area (Å²) in [5.74, 6) is -1.93. The Balaban J connectivity index is 1.29. The number of carbonyl (C=O) groups excluding carboxylic acids is 2. The summed E-state index contributed by atoms with van der Waals surface area (Å²) < 4.78 is 5.59. The SMILES string of the molecule is CC(C)(C)CC(NC(=O)C1C=CC(NC(=O)OCC2c3ccccc3-c3ccccc32)C1)C(=O)O. The van der Waals surface area contributed by atoms with Gasteiger partial charge in [0.2, 0.25) is 5.91 Å². The molecule has 7 nitrogen and oxygen atoms in total. The molecule has 2 aromatic carbocycles. The van der Waals surface area contributed by atoms with Gasteiger partial charge in [-0.25, -0.2) is 9.59 Å². The third-order valence-electron chi connectivity index (χ3n) is 6.50. The van der Waals surface area contributed by atoms with Crippen molar-refractivity contribution in [2.45, 2.75) is 51.6 Å². The summed E-state index contributed by atoms with van der Waals surface area (Å²) in [6, 6.07) is 15.0. The first-order valence-corrected chi connectivity index (χ1v) is 12.0. The molecule has 0 radical (unpaired) electrons. The van der Waals surface area contributed by atoms with Crippen LogP contribution in [0.4, 0.5) is 4.79 Å². The van der Waals surface area contributed by atoms with Crippen LogP contribution in [0.25, 0.3) is 11.1 Å². The molecule has 0 aromatic heterocycles. The fourth-order valence-corrected chi connectivity index (χ4v) is 4.88. The summed E-state index contributed by atoms with van der Waals surface area (Å²) in [6.45, 7) is 6.00. The van der Waals surface area contributed by atoms with E-state index in [1.54, 1.807) is 12.2 Å². The topological polar surface area (TPSA) is 105 Å². The number of fused-ring (bicyclic) bond motifs is 3. The molecule has 2 aliphatic carbocycles. The molecule has 4 rings (SSSR count). The summed E-state index contributed by atoms with van der Waals surface area (Å²) in [5, 5.41) is 14.9. The van der Waals surface area contributed by atoms with Crippen molar-refractivity contribution in [3.8, 4) is 11.1 Å². The minimum Gasteiger partial charge on any atom is -0.480 e. The third-order valence-corrected chi connectivity index (χ3v) is 6.50. The number of carbonyl (C=O) groups is 3. The zero-order valence-corrected chi connectivity index (χ0v) is 20.3. The third kappa shape index (κ3) is 5.73. The number of hydrogen-bond donors (Lipinski definition) is 3. The Labute approximate surface area is 205 Å². The standard InChI is InChI=1S/C28H32N2O5/c1-28(2,3)15-24(26(32)33)30-25(31)17-12-13-18(14-17)29-27(34)35-16-23-21-10-6-4-8-19(21)20-9-5-7-11-22(20)23/h4-13,17-18,23-24H,14-16H2,1-3H3,(H,29,34)(H,30,31)(H,32,33). The molecule has 184 valence electrons. The molecule has 2 aromatic rings. The summed E-state index contributed by atoms with van der Waals surface area (Å²) >= 11 is 0. The monoisotopic (exact) mass is 476 g/mol. The predicted molar refractivity (Wildman–Crippen MR) is 133 cm³/mol. The van der Waals surface area contributed by atoms with Crippen LogP contribution >= 0.6 is 0 Å². The molecule has 0 fully saturated rings. The largest absolute Gasteiger partial charge is 0.480 e. The van der Waals surface area contributed by atoms with Crippen LogP contribution in [-0.4, -0.2) is 41.8 Å². The van der Waals surface area contributed by atoms with Crippen LogP contribution in [0.2, 0.25) is 0 Å². The van der Waals surface area contributed by atoms with Crippen LogP contribution in [0.3, 0.4) is 0 Å². The maximum Gasteiger partial charge on any atom is 0.407 e. The zero-order valence-electron chi connectivity index (χ0n) is 20.3. The summed E-state index contributed by atoms with van der Waals surface area (Å²) in [7, 11) is 0. The molecule has 35 heavy (non-hydrogen) atoms. The molecule has 0 aliphatic heterocycles. The quantitative estimate of drug-likeness (QED) is 0.511. The van der Waals surface area contributed by atoms with Crippen LogP contribution in [-0.2, 0) is 14.3 Å². The second kappa shape index (κ2) is 9.94. The maximum atomic E-state index is 12.6. The van der Waals surface area contributed by atoms with Crippen molar-refractivity contribution in [2.75, 3.05) is 6.61 Å². The van der Waals surface area contributed by atoms with Crippen molar-refractivity contribution >= 4 is 18.0 Å². The molecular formula is C28H32N2O5. The van der Waals surface area contributed by atoms with Gasteiger partial charge in [-0.2, -0.15) is 0 Å². The molecular weight excluding hydrogens is 444 g/mol. The first-order chi connectivity index (χ1) is 16.6. The lowest BCUT2D eigenvalue weighted by atomic mass is 9.88. The van der Waals surface area contributed by atoms with Crippen molar-refractivity contribution in [2.24, 2.45) is 11.3 Å². The van der Waals surface area contributed by atoms with Gasteiger partial charge in [0, 0.05) is 5.92 Å². The second-order valence-electron chi connectivity index (χ2n) is 10.5. The number of hydrogen-bond acceptors (Lipinski definition) is 4. The van der Waals surface area contributed by atoms with Gasteiger partial charge in [0.05, 0.1) is 12.0 Å². The van der Waals surface area contributed by atoms with E-state index in [1.807, 2.05) is 45.0 Å². The summed E-state index contributed by atoms with van der Waals surface area (Å²) in [6.07, 6.45) is 3.60. The predicted octanol–water partition coefficient (Wildman–Crippen LogP) is 4.48. The zero-order chi connectivity index (χ0) is 25.2. The molecule has 0 bridgehead atoms. The Morgan fingerprint density at radius 1 is 1.00 bits per heavy atom. The van der Waals surface area contributed by atoms with E-state index in [0.29, 0.717) is 12.8 Å². The Hall–Kier alpha value is -3.61. The summed E-state index contributed by atoms with van der Waals surface area (Å²) in [4.78, 5) is 36.7. The number of alkyl carbamates (subject to hydrolysis) is 1. The van der Waals surface area contributed by atoms with Gasteiger partial charge in [-0.15, -0.1) is 0 Å². The van der Waals surface area contributed by atoms with E-state index in [9.17, 15) is 19.5 Å². The average molecular weight is 477 g/mol. The lowest BCUT2D eigenvalue weighted by Crippen LogP contribution is -2.45. The van der Waals surface area contributed by atoms with E-state index in [0.717, 1.165) is 22.3 Å². The normalized spacial score (nSPS) is 19.5. The minimum absolute atomic E-state index is 0.0263. The number of carboxylic acids is 1. The van der Waals surface area contributed by atoms with E-state index in [1.165, 1.54) is 0 Å². The van der Waals surface area contributed by atoms with Crippen molar-refractivity contribution < 1.29 is 24.2 Å². The van der Waals surface area contributed by atoms with Gasteiger partial charge in [0.1, 0.15) is 12.6 Å². The van der Waals surface area contributed by atoms with E-state index in [2.05, 4.69) is 34.9 Å². The van der Waals surface area contributed by atoms with Gasteiger partial charge < -0.3 is 20.5 Å². The molecule has 0 saturated heterocycles. The van der Waals surface area contributed by atoms with Crippen LogP contribution in [0.5, 0.6) is 0 Å². The van der Waals surface area contributed by atoms with Crippen LogP contribution < -0.4 is 10.6 Å². The van der Waals surface area contributed by atoms with E-state index in [-0.39, 0.29) is 29.9 Å². The van der Waals surface area contributed by atoms with E-state index < -0.39 is 24.0 Å². The van der Waals surface area contributed by atoms with Crippen LogP contribution in [0, 0.1) is 11.3 Å². The first-order valence-electron chi connectivity index (χ1n) is 12.0. The fourth-order valence-electron chi connectivity index (χ4n) is 4.88. The average Bonchev–Trinajstić information content (AvgIpc) is 3.39. The number of aliphatic carboxylic acids is 1. The van der Waals surface area contributed by atoms with Crippen molar-refractivity contribution in [3.05, 3.63) is 71.8 Å². The number of carboxylic acid groups (broad SMARTS) is 1. The van der Waals surface area contributed by atoms with Gasteiger partial charge in [-0.05, 0) is 40.5 Å². The van der Waals surface area contributed by atoms with Crippen molar-refractivity contribution in [3.63, 3.8) is 0 Å². The molecule has 7 heteroatoms. The molecule has 3 N–H and O–H groups in total. The maximum absolute atomic E-state index is 12.6. The smallest absolute Gasteiger partial charge is 0.407 e. The molecule has 3 unspecified atom stereocenters. The highest BCUT2D eigenvalue weighted by molar-refractivity contribution is 5.86. The Kier molecular flexibility index (Phi) is 6.96. The number of rotatable bonds is 7. The van der Waals surface area contributed by atoms with Crippen molar-refractivity contribution in [1.29, 1.82) is 0 Å². The lowest BCUT2D eigenvalue weighted by Gasteiger charge is -2.25. The molecule has 0 heterocycles. The number of benzene rings is 2. The highest BCUT2D eigenvalue weighted by Crippen LogP contribution is 2.44. The Morgan fingerprint density at radius 2 is 1.60 bits per heavy atom. The second-order valence-corrected chi connectivity index (χ2v) is 10.5. The fraction of sp³-hybridized carbons (Fsp3) is 0.393. The highest BCUT2D eigenvalue weighted by Gasteiger charge is 2.32. The Morgan fingerprint density at radius 3 is 2.17 bits per heavy atom. The van der Waals surface area contributed by atoms with Gasteiger partial charge in [0.25, 0.3) is 0 Å². The Bertz CT molecular complexity index is 1100. The molecule has 2 aliphatic rings. The van der Waals surface area contributed by atoms with Gasteiger partial charge in [-0.1, -0.05) is 81.5 Å². The molecule has 3 atom stereocenters. The van der Waals surface area contributed by atoms with Gasteiger partial charge >= 0.3 is 12.1 Å². The summed E-state index contributed by atoms with van der Waals surface area (Å²) in [5.41, 5.74) is 4.37. The van der Waals surface area contributed by atoms with Gasteiger partial charge in [0.15, 0.2) is 0 Å². The highest BCUT2D eigenvalue weighted by atomic mass is 16.5. The number of amides is 2. The van der Waals surface area contributed by atoms with Crippen molar-refractivity contribution in [1.82, 2.24) is 10.6 Å². The van der Waals surface area contributed by atoms with E-state index >= 15 is 0 Å². The molecule has 0 saturated carbocycles. The van der Waals surface area contributed by atoms with Gasteiger partial charge in [-0.3, -0.25) is 4.79 Å². The molecule has 0 spiro atoms. The van der Waals surface area contributed by atoms with Crippen LogP contribution in [0.15, 0.2) is 60.7 Å². The minimum atomic E-state index is -1.05.